The van der Waals surface area contributed by atoms with E-state index in [-0.39, 0.29) is 11.9 Å². The number of carbonyl (C=O) groups excluding carboxylic acids is 1. The predicted octanol–water partition coefficient (Wildman–Crippen LogP) is 3.23. The Morgan fingerprint density at radius 2 is 2.39 bits per heavy atom. The summed E-state index contributed by atoms with van der Waals surface area (Å²) in [6.45, 7) is 4.09. The van der Waals surface area contributed by atoms with E-state index < -0.39 is 0 Å². The minimum Gasteiger partial charge on any atom is -0.351 e. The van der Waals surface area contributed by atoms with Crippen LogP contribution in [0.2, 0.25) is 0 Å². The molecule has 1 amide bonds. The highest BCUT2D eigenvalue weighted by atomic mass is 79.9. The molecule has 4 nitrogen and oxygen atoms in total. The number of thiazole rings is 1. The number of nitrogens with zero attached hydrogens (tertiary/aromatic N) is 1. The van der Waals surface area contributed by atoms with Crippen LogP contribution in [0.4, 0.5) is 0 Å². The molecule has 1 aromatic carbocycles. The lowest BCUT2D eigenvalue weighted by Gasteiger charge is -2.30. The summed E-state index contributed by atoms with van der Waals surface area (Å²) in [5, 5.41) is 9.38. The van der Waals surface area contributed by atoms with Gasteiger partial charge in [-0.1, -0.05) is 35.0 Å². The molecular weight excluding hydrogens is 374 g/mol. The maximum atomic E-state index is 12.2. The highest BCUT2D eigenvalue weighted by Gasteiger charge is 2.22. The zero-order chi connectivity index (χ0) is 16.2. The van der Waals surface area contributed by atoms with E-state index in [1.165, 1.54) is 0 Å². The van der Waals surface area contributed by atoms with Gasteiger partial charge >= 0.3 is 0 Å². The third-order valence-corrected chi connectivity index (χ3v) is 5.57. The van der Waals surface area contributed by atoms with E-state index in [2.05, 4.69) is 38.5 Å². The van der Waals surface area contributed by atoms with E-state index in [9.17, 15) is 4.79 Å². The lowest BCUT2D eigenvalue weighted by molar-refractivity contribution is -0.121. The fourth-order valence-corrected chi connectivity index (χ4v) is 3.96. The van der Waals surface area contributed by atoms with Crippen molar-refractivity contribution in [3.63, 3.8) is 0 Å². The summed E-state index contributed by atoms with van der Waals surface area (Å²) in [5.74, 6) is 0.574. The van der Waals surface area contributed by atoms with Gasteiger partial charge in [0.1, 0.15) is 5.01 Å². The average molecular weight is 394 g/mol. The molecule has 0 bridgehead atoms. The number of hydrogen-bond donors (Lipinski definition) is 2. The number of piperidine rings is 1. The zero-order valence-electron chi connectivity index (χ0n) is 13.0. The maximum Gasteiger partial charge on any atom is 0.226 e. The van der Waals surface area contributed by atoms with Gasteiger partial charge < -0.3 is 10.6 Å². The van der Waals surface area contributed by atoms with Gasteiger partial charge in [0.05, 0.1) is 12.1 Å². The second kappa shape index (κ2) is 7.55. The molecule has 0 saturated carbocycles. The monoisotopic (exact) mass is 393 g/mol. The van der Waals surface area contributed by atoms with Crippen molar-refractivity contribution in [1.29, 1.82) is 0 Å². The van der Waals surface area contributed by atoms with Gasteiger partial charge in [0, 0.05) is 28.0 Å². The normalized spacial score (nSPS) is 21.1. The third kappa shape index (κ3) is 4.40. The van der Waals surface area contributed by atoms with E-state index in [1.807, 2.05) is 29.6 Å². The average Bonchev–Trinajstić information content (AvgIpc) is 2.98. The largest absolute Gasteiger partial charge is 0.351 e. The molecule has 23 heavy (non-hydrogen) atoms. The van der Waals surface area contributed by atoms with E-state index in [1.54, 1.807) is 11.3 Å². The van der Waals surface area contributed by atoms with Crippen molar-refractivity contribution in [3.05, 3.63) is 39.8 Å². The van der Waals surface area contributed by atoms with Crippen LogP contribution in [0.15, 0.2) is 34.1 Å². The van der Waals surface area contributed by atoms with Gasteiger partial charge in [-0.05, 0) is 31.0 Å². The Balaban J connectivity index is 1.61. The molecule has 0 radical (unpaired) electrons. The second-order valence-corrected chi connectivity index (χ2v) is 7.75. The lowest BCUT2D eigenvalue weighted by atomic mass is 9.95. The number of nitrogens with one attached hydrogen (secondary N) is 2. The lowest BCUT2D eigenvalue weighted by Crippen LogP contribution is -2.50. The molecule has 2 unspecified atom stereocenters. The number of halogens is 1. The number of hydrogen-bond acceptors (Lipinski definition) is 4. The summed E-state index contributed by atoms with van der Waals surface area (Å²) in [7, 11) is 0. The fourth-order valence-electron chi connectivity index (χ4n) is 2.75. The van der Waals surface area contributed by atoms with E-state index >= 15 is 0 Å². The standard InChI is InChI=1S/C17H20BrN3OS/c1-11-5-6-19-9-15(11)21-16(22)8-14-10-23-17(20-14)12-3-2-4-13(18)7-12/h2-4,7,10-11,15,19H,5-6,8-9H2,1H3,(H,21,22). The van der Waals surface area contributed by atoms with Crippen LogP contribution in [0.5, 0.6) is 0 Å². The van der Waals surface area contributed by atoms with Gasteiger partial charge in [0.15, 0.2) is 0 Å². The summed E-state index contributed by atoms with van der Waals surface area (Å²) in [4.78, 5) is 16.8. The van der Waals surface area contributed by atoms with Crippen LogP contribution < -0.4 is 10.6 Å². The first kappa shape index (κ1) is 16.6. The van der Waals surface area contributed by atoms with Crippen LogP contribution in [0.3, 0.4) is 0 Å². The predicted molar refractivity (Wildman–Crippen MR) is 97.5 cm³/mol. The van der Waals surface area contributed by atoms with Crippen LogP contribution in [0.1, 0.15) is 19.0 Å². The molecule has 3 rings (SSSR count). The molecule has 2 aromatic rings. The van der Waals surface area contributed by atoms with Crippen LogP contribution in [0, 0.1) is 5.92 Å². The van der Waals surface area contributed by atoms with Crippen molar-refractivity contribution < 1.29 is 4.79 Å². The molecule has 0 aliphatic carbocycles. The van der Waals surface area contributed by atoms with Crippen LogP contribution >= 0.6 is 27.3 Å². The molecule has 1 aromatic heterocycles. The van der Waals surface area contributed by atoms with Gasteiger partial charge in [-0.15, -0.1) is 11.3 Å². The quantitative estimate of drug-likeness (QED) is 0.837. The Kier molecular flexibility index (Phi) is 5.46. The Hall–Kier alpha value is -1.24. The highest BCUT2D eigenvalue weighted by molar-refractivity contribution is 9.10. The van der Waals surface area contributed by atoms with Crippen molar-refractivity contribution in [3.8, 4) is 10.6 Å². The summed E-state index contributed by atoms with van der Waals surface area (Å²) >= 11 is 5.05. The maximum absolute atomic E-state index is 12.2. The fraction of sp³-hybridized carbons (Fsp3) is 0.412. The Bertz CT molecular complexity index is 688. The molecule has 0 spiro atoms. The first-order valence-electron chi connectivity index (χ1n) is 7.82. The molecule has 2 atom stereocenters. The molecule has 1 aliphatic rings. The number of benzene rings is 1. The summed E-state index contributed by atoms with van der Waals surface area (Å²) in [6, 6.07) is 8.27. The topological polar surface area (TPSA) is 54.0 Å². The molecule has 1 fully saturated rings. The third-order valence-electron chi connectivity index (χ3n) is 4.14. The van der Waals surface area contributed by atoms with Gasteiger partial charge in [0.25, 0.3) is 0 Å². The van der Waals surface area contributed by atoms with E-state index in [0.29, 0.717) is 12.3 Å². The van der Waals surface area contributed by atoms with Crippen molar-refractivity contribution >= 4 is 33.2 Å². The number of carbonyl (C=O) groups is 1. The highest BCUT2D eigenvalue weighted by Crippen LogP contribution is 2.26. The van der Waals surface area contributed by atoms with E-state index in [0.717, 1.165) is 40.2 Å². The molecule has 2 heterocycles. The number of amides is 1. The Labute approximate surface area is 148 Å². The summed E-state index contributed by atoms with van der Waals surface area (Å²) in [6.07, 6.45) is 1.45. The number of rotatable bonds is 4. The zero-order valence-corrected chi connectivity index (χ0v) is 15.4. The SMILES string of the molecule is CC1CCNCC1NC(=O)Cc1csc(-c2cccc(Br)c2)n1. The van der Waals surface area contributed by atoms with Gasteiger partial charge in [-0.2, -0.15) is 0 Å². The van der Waals surface area contributed by atoms with E-state index in [4.69, 9.17) is 0 Å². The van der Waals surface area contributed by atoms with Gasteiger partial charge in [0.2, 0.25) is 5.91 Å². The number of aromatic nitrogens is 1. The second-order valence-electron chi connectivity index (χ2n) is 5.98. The van der Waals surface area contributed by atoms with Gasteiger partial charge in [-0.25, -0.2) is 4.98 Å². The first-order valence-corrected chi connectivity index (χ1v) is 9.49. The van der Waals surface area contributed by atoms with Crippen molar-refractivity contribution in [2.24, 2.45) is 5.92 Å². The van der Waals surface area contributed by atoms with Gasteiger partial charge in [-0.3, -0.25) is 4.79 Å². The summed E-state index contributed by atoms with van der Waals surface area (Å²) < 4.78 is 1.03. The minimum atomic E-state index is 0.0524. The van der Waals surface area contributed by atoms with Crippen molar-refractivity contribution in [2.75, 3.05) is 13.1 Å². The summed E-state index contributed by atoms with van der Waals surface area (Å²) in [5.41, 5.74) is 1.90. The molecule has 6 heteroatoms. The Morgan fingerprint density at radius 3 is 3.17 bits per heavy atom. The molecule has 122 valence electrons. The smallest absolute Gasteiger partial charge is 0.226 e. The molecule has 2 N–H and O–H groups in total. The molecule has 1 saturated heterocycles. The van der Waals surface area contributed by atoms with Crippen LogP contribution in [-0.4, -0.2) is 30.0 Å². The van der Waals surface area contributed by atoms with Crippen LogP contribution in [-0.2, 0) is 11.2 Å². The molecular formula is C17H20BrN3OS. The van der Waals surface area contributed by atoms with Crippen LogP contribution in [0.25, 0.3) is 10.6 Å². The van der Waals surface area contributed by atoms with Crippen molar-refractivity contribution in [2.45, 2.75) is 25.8 Å². The Morgan fingerprint density at radius 1 is 1.52 bits per heavy atom. The first-order chi connectivity index (χ1) is 11.1. The molecule has 1 aliphatic heterocycles. The van der Waals surface area contributed by atoms with Crippen molar-refractivity contribution in [1.82, 2.24) is 15.6 Å². The minimum absolute atomic E-state index is 0.0524.